The Bertz CT molecular complexity index is 498. The second kappa shape index (κ2) is 4.95. The Labute approximate surface area is 117 Å². The van der Waals surface area contributed by atoms with Gasteiger partial charge in [-0.1, -0.05) is 6.07 Å². The van der Waals surface area contributed by atoms with Gasteiger partial charge in [-0.15, -0.1) is 0 Å². The first-order chi connectivity index (χ1) is 9.45. The van der Waals surface area contributed by atoms with Gasteiger partial charge in [0.25, 0.3) is 0 Å². The zero-order chi connectivity index (χ0) is 14.3. The van der Waals surface area contributed by atoms with Crippen molar-refractivity contribution in [3.63, 3.8) is 0 Å². The van der Waals surface area contributed by atoms with Gasteiger partial charge in [-0.25, -0.2) is 0 Å². The molecule has 0 amide bonds. The van der Waals surface area contributed by atoms with Crippen LogP contribution in [0.2, 0.25) is 0 Å². The molecule has 3 rings (SSSR count). The molecule has 0 radical (unpaired) electrons. The number of benzene rings is 1. The van der Waals surface area contributed by atoms with Gasteiger partial charge in [0.05, 0.1) is 5.56 Å². The van der Waals surface area contributed by atoms with E-state index in [1.165, 1.54) is 18.6 Å². The molecule has 2 saturated heterocycles. The molecule has 0 spiro atoms. The van der Waals surface area contributed by atoms with E-state index in [0.29, 0.717) is 6.04 Å². The Balaban J connectivity index is 1.86. The van der Waals surface area contributed by atoms with Crippen LogP contribution in [0.5, 0.6) is 0 Å². The van der Waals surface area contributed by atoms with Crippen molar-refractivity contribution in [1.29, 1.82) is 0 Å². The fraction of sp³-hybridized carbons (Fsp3) is 0.600. The van der Waals surface area contributed by atoms with Gasteiger partial charge >= 0.3 is 6.18 Å². The summed E-state index contributed by atoms with van der Waals surface area (Å²) in [5, 5.41) is 0. The first kappa shape index (κ1) is 13.7. The zero-order valence-corrected chi connectivity index (χ0v) is 11.6. The summed E-state index contributed by atoms with van der Waals surface area (Å²) in [5.41, 5.74) is 1.11. The molecule has 2 aliphatic heterocycles. The van der Waals surface area contributed by atoms with E-state index in [0.717, 1.165) is 43.9 Å². The molecule has 1 aromatic rings. The lowest BCUT2D eigenvalue weighted by atomic mass is 10.1. The summed E-state index contributed by atoms with van der Waals surface area (Å²) in [6.45, 7) is 5.65. The SMILES string of the molecule is Cc1ccc(C(F)(F)F)cc1N1CCN2CCCC2C1. The molecule has 0 aromatic heterocycles. The van der Waals surface area contributed by atoms with E-state index < -0.39 is 11.7 Å². The molecule has 1 aromatic carbocycles. The fourth-order valence-corrected chi connectivity index (χ4v) is 3.34. The molecule has 0 bridgehead atoms. The van der Waals surface area contributed by atoms with E-state index in [1.54, 1.807) is 6.07 Å². The Morgan fingerprint density at radius 2 is 1.95 bits per heavy atom. The van der Waals surface area contributed by atoms with Crippen molar-refractivity contribution in [2.45, 2.75) is 32.0 Å². The molecule has 5 heteroatoms. The van der Waals surface area contributed by atoms with Crippen LogP contribution in [-0.4, -0.2) is 37.1 Å². The number of piperazine rings is 1. The largest absolute Gasteiger partial charge is 0.416 e. The summed E-state index contributed by atoms with van der Waals surface area (Å²) < 4.78 is 38.6. The molecule has 20 heavy (non-hydrogen) atoms. The van der Waals surface area contributed by atoms with Gasteiger partial charge in [0, 0.05) is 31.4 Å². The third-order valence-corrected chi connectivity index (χ3v) is 4.46. The van der Waals surface area contributed by atoms with Gasteiger partial charge in [0.15, 0.2) is 0 Å². The Morgan fingerprint density at radius 1 is 1.15 bits per heavy atom. The zero-order valence-electron chi connectivity index (χ0n) is 11.6. The van der Waals surface area contributed by atoms with Crippen LogP contribution in [0.25, 0.3) is 0 Å². The van der Waals surface area contributed by atoms with Crippen LogP contribution in [0, 0.1) is 6.92 Å². The van der Waals surface area contributed by atoms with E-state index >= 15 is 0 Å². The minimum Gasteiger partial charge on any atom is -0.368 e. The number of rotatable bonds is 1. The van der Waals surface area contributed by atoms with Crippen molar-refractivity contribution in [2.24, 2.45) is 0 Å². The van der Waals surface area contributed by atoms with E-state index in [2.05, 4.69) is 9.80 Å². The van der Waals surface area contributed by atoms with Crippen LogP contribution in [0.3, 0.4) is 0 Å². The minimum atomic E-state index is -4.27. The standard InChI is InChI=1S/C15H19F3N2/c1-11-4-5-12(15(16,17)18)9-14(11)20-8-7-19-6-2-3-13(19)10-20/h4-5,9,13H,2-3,6-8,10H2,1H3. The minimum absolute atomic E-state index is 0.512. The topological polar surface area (TPSA) is 6.48 Å². The third kappa shape index (κ3) is 2.51. The highest BCUT2D eigenvalue weighted by Gasteiger charge is 2.34. The van der Waals surface area contributed by atoms with Crippen molar-refractivity contribution in [3.05, 3.63) is 29.3 Å². The van der Waals surface area contributed by atoms with Crippen LogP contribution in [-0.2, 0) is 6.18 Å². The van der Waals surface area contributed by atoms with Gasteiger partial charge in [0.1, 0.15) is 0 Å². The average molecular weight is 284 g/mol. The predicted octanol–water partition coefficient (Wildman–Crippen LogP) is 3.30. The maximum Gasteiger partial charge on any atom is 0.416 e. The smallest absolute Gasteiger partial charge is 0.368 e. The molecule has 0 saturated carbocycles. The number of hydrogen-bond donors (Lipinski definition) is 0. The van der Waals surface area contributed by atoms with Crippen LogP contribution in [0.15, 0.2) is 18.2 Å². The van der Waals surface area contributed by atoms with Gasteiger partial charge < -0.3 is 4.90 Å². The van der Waals surface area contributed by atoms with Crippen molar-refractivity contribution < 1.29 is 13.2 Å². The molecule has 0 aliphatic carbocycles. The van der Waals surface area contributed by atoms with Gasteiger partial charge in [-0.3, -0.25) is 4.90 Å². The average Bonchev–Trinajstić information content (AvgIpc) is 2.85. The monoisotopic (exact) mass is 284 g/mol. The number of anilines is 1. The lowest BCUT2D eigenvalue weighted by Gasteiger charge is -2.39. The lowest BCUT2D eigenvalue weighted by molar-refractivity contribution is -0.137. The Hall–Kier alpha value is -1.23. The van der Waals surface area contributed by atoms with E-state index in [4.69, 9.17) is 0 Å². The maximum atomic E-state index is 12.9. The summed E-state index contributed by atoms with van der Waals surface area (Å²) in [6, 6.07) is 4.57. The first-order valence-electron chi connectivity index (χ1n) is 7.12. The van der Waals surface area contributed by atoms with Crippen molar-refractivity contribution >= 4 is 5.69 Å². The summed E-state index contributed by atoms with van der Waals surface area (Å²) in [5.74, 6) is 0. The quantitative estimate of drug-likeness (QED) is 0.780. The summed E-state index contributed by atoms with van der Waals surface area (Å²) in [6.07, 6.45) is -1.90. The second-order valence-electron chi connectivity index (χ2n) is 5.78. The van der Waals surface area contributed by atoms with Gasteiger partial charge in [-0.2, -0.15) is 13.2 Å². The van der Waals surface area contributed by atoms with Crippen LogP contribution in [0.4, 0.5) is 18.9 Å². The molecule has 110 valence electrons. The summed E-state index contributed by atoms with van der Waals surface area (Å²) >= 11 is 0. The maximum absolute atomic E-state index is 12.9. The molecular weight excluding hydrogens is 265 g/mol. The summed E-state index contributed by atoms with van der Waals surface area (Å²) in [7, 11) is 0. The Kier molecular flexibility index (Phi) is 3.40. The number of nitrogens with zero attached hydrogens (tertiary/aromatic N) is 2. The lowest BCUT2D eigenvalue weighted by Crippen LogP contribution is -2.50. The van der Waals surface area contributed by atoms with E-state index in [9.17, 15) is 13.2 Å². The molecule has 1 atom stereocenters. The molecular formula is C15H19F3N2. The molecule has 2 nitrogen and oxygen atoms in total. The molecule has 2 heterocycles. The first-order valence-corrected chi connectivity index (χ1v) is 7.12. The van der Waals surface area contributed by atoms with Crippen LogP contribution < -0.4 is 4.90 Å². The highest BCUT2D eigenvalue weighted by molar-refractivity contribution is 5.56. The summed E-state index contributed by atoms with van der Waals surface area (Å²) in [4.78, 5) is 4.58. The van der Waals surface area contributed by atoms with Gasteiger partial charge in [-0.05, 0) is 44.0 Å². The number of fused-ring (bicyclic) bond motifs is 1. The number of halogens is 3. The molecule has 2 aliphatic rings. The van der Waals surface area contributed by atoms with Crippen LogP contribution >= 0.6 is 0 Å². The number of aryl methyl sites for hydroxylation is 1. The second-order valence-corrected chi connectivity index (χ2v) is 5.78. The highest BCUT2D eigenvalue weighted by atomic mass is 19.4. The van der Waals surface area contributed by atoms with E-state index in [1.807, 2.05) is 6.92 Å². The highest BCUT2D eigenvalue weighted by Crippen LogP contribution is 2.34. The molecule has 0 N–H and O–H groups in total. The van der Waals surface area contributed by atoms with Crippen LogP contribution in [0.1, 0.15) is 24.0 Å². The van der Waals surface area contributed by atoms with E-state index in [-0.39, 0.29) is 0 Å². The fourth-order valence-electron chi connectivity index (χ4n) is 3.34. The van der Waals surface area contributed by atoms with Crippen molar-refractivity contribution in [3.8, 4) is 0 Å². The normalized spacial score (nSPS) is 24.0. The molecule has 1 unspecified atom stereocenters. The predicted molar refractivity (Wildman–Crippen MR) is 73.0 cm³/mol. The number of hydrogen-bond acceptors (Lipinski definition) is 2. The third-order valence-electron chi connectivity index (χ3n) is 4.46. The van der Waals surface area contributed by atoms with Crippen molar-refractivity contribution in [2.75, 3.05) is 31.1 Å². The number of alkyl halides is 3. The van der Waals surface area contributed by atoms with Gasteiger partial charge in [0.2, 0.25) is 0 Å². The molecule has 2 fully saturated rings. The van der Waals surface area contributed by atoms with Crippen molar-refractivity contribution in [1.82, 2.24) is 4.90 Å². The Morgan fingerprint density at radius 3 is 2.70 bits per heavy atom.